The highest BCUT2D eigenvalue weighted by Gasteiger charge is 2.17. The Balaban J connectivity index is 2.87. The van der Waals surface area contributed by atoms with Crippen LogP contribution in [-0.2, 0) is 4.79 Å². The predicted molar refractivity (Wildman–Crippen MR) is 68.2 cm³/mol. The summed E-state index contributed by atoms with van der Waals surface area (Å²) >= 11 is 0. The molecular weight excluding hydrogens is 230 g/mol. The molecule has 0 unspecified atom stereocenters. The highest BCUT2D eigenvalue weighted by molar-refractivity contribution is 5.95. The minimum Gasteiger partial charge on any atom is -0.480 e. The summed E-state index contributed by atoms with van der Waals surface area (Å²) in [6, 6.07) is 6.56. The molecular formula is C14H15NO3. The van der Waals surface area contributed by atoms with Crippen molar-refractivity contribution < 1.29 is 14.7 Å². The molecule has 18 heavy (non-hydrogen) atoms. The van der Waals surface area contributed by atoms with Gasteiger partial charge >= 0.3 is 5.97 Å². The van der Waals surface area contributed by atoms with Crippen molar-refractivity contribution in [3.05, 3.63) is 35.4 Å². The molecule has 1 aromatic rings. The number of benzene rings is 1. The van der Waals surface area contributed by atoms with Crippen LogP contribution in [0.3, 0.4) is 0 Å². The van der Waals surface area contributed by atoms with E-state index in [-0.39, 0.29) is 12.5 Å². The fourth-order valence-corrected chi connectivity index (χ4v) is 1.58. The van der Waals surface area contributed by atoms with E-state index in [4.69, 9.17) is 11.5 Å². The largest absolute Gasteiger partial charge is 0.480 e. The number of hydrogen-bond acceptors (Lipinski definition) is 2. The molecule has 0 aliphatic carbocycles. The molecule has 0 heterocycles. The molecule has 0 fully saturated rings. The smallest absolute Gasteiger partial charge is 0.323 e. The molecule has 0 aliphatic heterocycles. The standard InChI is InChI=1S/C14H15NO3/c1-3-9-15(10-13(16)17)14(18)12-7-5-11(4-2)6-8-12/h2,5-8H,3,9-10H2,1H3,(H,16,17). The van der Waals surface area contributed by atoms with Gasteiger partial charge in [0, 0.05) is 17.7 Å². The van der Waals surface area contributed by atoms with E-state index in [1.165, 1.54) is 4.90 Å². The van der Waals surface area contributed by atoms with E-state index in [1.807, 2.05) is 6.92 Å². The molecule has 0 saturated carbocycles. The van der Waals surface area contributed by atoms with Crippen LogP contribution in [0.4, 0.5) is 0 Å². The number of aliphatic carboxylic acids is 1. The lowest BCUT2D eigenvalue weighted by Gasteiger charge is -2.19. The second-order valence-electron chi connectivity index (χ2n) is 3.84. The fourth-order valence-electron chi connectivity index (χ4n) is 1.58. The van der Waals surface area contributed by atoms with Gasteiger partial charge in [-0.25, -0.2) is 0 Å². The topological polar surface area (TPSA) is 57.6 Å². The summed E-state index contributed by atoms with van der Waals surface area (Å²) < 4.78 is 0. The number of carbonyl (C=O) groups excluding carboxylic acids is 1. The van der Waals surface area contributed by atoms with E-state index in [2.05, 4.69) is 5.92 Å². The van der Waals surface area contributed by atoms with E-state index in [0.717, 1.165) is 0 Å². The van der Waals surface area contributed by atoms with Gasteiger partial charge in [-0.1, -0.05) is 12.8 Å². The average molecular weight is 245 g/mol. The fraction of sp³-hybridized carbons (Fsp3) is 0.286. The molecule has 1 aromatic carbocycles. The van der Waals surface area contributed by atoms with Gasteiger partial charge in [-0.2, -0.15) is 0 Å². The normalized spacial score (nSPS) is 9.56. The first-order valence-electron chi connectivity index (χ1n) is 5.66. The van der Waals surface area contributed by atoms with Crippen molar-refractivity contribution >= 4 is 11.9 Å². The van der Waals surface area contributed by atoms with Crippen molar-refractivity contribution in [2.45, 2.75) is 13.3 Å². The van der Waals surface area contributed by atoms with Gasteiger partial charge in [0.2, 0.25) is 0 Å². The molecule has 1 amide bonds. The molecule has 4 heteroatoms. The van der Waals surface area contributed by atoms with Crippen molar-refractivity contribution in [1.29, 1.82) is 0 Å². The van der Waals surface area contributed by atoms with Gasteiger partial charge in [0.05, 0.1) is 0 Å². The van der Waals surface area contributed by atoms with E-state index in [9.17, 15) is 9.59 Å². The lowest BCUT2D eigenvalue weighted by molar-refractivity contribution is -0.137. The molecule has 1 rings (SSSR count). The SMILES string of the molecule is C#Cc1ccc(C(=O)N(CCC)CC(=O)O)cc1. The lowest BCUT2D eigenvalue weighted by Crippen LogP contribution is -2.36. The predicted octanol–water partition coefficient (Wildman–Crippen LogP) is 1.60. The molecule has 1 N–H and O–H groups in total. The highest BCUT2D eigenvalue weighted by atomic mass is 16.4. The highest BCUT2D eigenvalue weighted by Crippen LogP contribution is 2.07. The Morgan fingerprint density at radius 1 is 1.33 bits per heavy atom. The minimum absolute atomic E-state index is 0.288. The van der Waals surface area contributed by atoms with Crippen LogP contribution in [0.1, 0.15) is 29.3 Å². The summed E-state index contributed by atoms with van der Waals surface area (Å²) in [5.41, 5.74) is 1.13. The first-order chi connectivity index (χ1) is 8.58. The molecule has 0 radical (unpaired) electrons. The zero-order valence-corrected chi connectivity index (χ0v) is 10.2. The van der Waals surface area contributed by atoms with Crippen molar-refractivity contribution in [3.63, 3.8) is 0 Å². The van der Waals surface area contributed by atoms with Crippen LogP contribution >= 0.6 is 0 Å². The van der Waals surface area contributed by atoms with Crippen molar-refractivity contribution in [2.24, 2.45) is 0 Å². The lowest BCUT2D eigenvalue weighted by atomic mass is 10.1. The van der Waals surface area contributed by atoms with Gasteiger partial charge in [0.15, 0.2) is 0 Å². The molecule has 4 nitrogen and oxygen atoms in total. The second-order valence-corrected chi connectivity index (χ2v) is 3.84. The third-order valence-electron chi connectivity index (χ3n) is 2.41. The number of carboxylic acids is 1. The zero-order chi connectivity index (χ0) is 13.5. The monoisotopic (exact) mass is 245 g/mol. The van der Waals surface area contributed by atoms with Crippen LogP contribution in [0, 0.1) is 12.3 Å². The molecule has 0 saturated heterocycles. The number of rotatable bonds is 5. The Morgan fingerprint density at radius 3 is 2.39 bits per heavy atom. The van der Waals surface area contributed by atoms with Gasteiger partial charge in [-0.15, -0.1) is 6.42 Å². The third kappa shape index (κ3) is 3.63. The first-order valence-corrected chi connectivity index (χ1v) is 5.66. The molecule has 0 aromatic heterocycles. The Labute approximate surface area is 106 Å². The minimum atomic E-state index is -1.02. The second kappa shape index (κ2) is 6.45. The van der Waals surface area contributed by atoms with Gasteiger partial charge in [-0.3, -0.25) is 9.59 Å². The number of carbonyl (C=O) groups is 2. The maximum atomic E-state index is 12.1. The summed E-state index contributed by atoms with van der Waals surface area (Å²) in [5.74, 6) is 1.15. The number of carboxylic acid groups (broad SMARTS) is 1. The van der Waals surface area contributed by atoms with Gasteiger partial charge in [-0.05, 0) is 30.7 Å². The van der Waals surface area contributed by atoms with Crippen LogP contribution in [0.5, 0.6) is 0 Å². The number of nitrogens with zero attached hydrogens (tertiary/aromatic N) is 1. The Bertz CT molecular complexity index is 471. The molecule has 0 bridgehead atoms. The number of terminal acetylenes is 1. The van der Waals surface area contributed by atoms with Gasteiger partial charge < -0.3 is 10.0 Å². The molecule has 0 atom stereocenters. The summed E-state index contributed by atoms with van der Waals surface area (Å²) in [7, 11) is 0. The number of hydrogen-bond donors (Lipinski definition) is 1. The van der Waals surface area contributed by atoms with E-state index in [1.54, 1.807) is 24.3 Å². The van der Waals surface area contributed by atoms with E-state index in [0.29, 0.717) is 24.1 Å². The quantitative estimate of drug-likeness (QED) is 0.802. The van der Waals surface area contributed by atoms with Crippen molar-refractivity contribution in [1.82, 2.24) is 4.90 Å². The van der Waals surface area contributed by atoms with Crippen LogP contribution < -0.4 is 0 Å². The Hall–Kier alpha value is -2.28. The summed E-state index contributed by atoms with van der Waals surface area (Å²) in [6.07, 6.45) is 5.94. The summed E-state index contributed by atoms with van der Waals surface area (Å²) in [6.45, 7) is 2.02. The van der Waals surface area contributed by atoms with Crippen molar-refractivity contribution in [2.75, 3.05) is 13.1 Å². The first kappa shape index (κ1) is 13.8. The summed E-state index contributed by atoms with van der Waals surface area (Å²) in [4.78, 5) is 24.1. The zero-order valence-electron chi connectivity index (χ0n) is 10.2. The Kier molecular flexibility index (Phi) is 4.94. The third-order valence-corrected chi connectivity index (χ3v) is 2.41. The maximum absolute atomic E-state index is 12.1. The molecule has 0 aliphatic rings. The van der Waals surface area contributed by atoms with Crippen LogP contribution in [0.25, 0.3) is 0 Å². The average Bonchev–Trinajstić information content (AvgIpc) is 2.37. The van der Waals surface area contributed by atoms with Crippen LogP contribution in [0.15, 0.2) is 24.3 Å². The molecule has 94 valence electrons. The van der Waals surface area contributed by atoms with Crippen LogP contribution in [-0.4, -0.2) is 35.0 Å². The number of amides is 1. The van der Waals surface area contributed by atoms with Gasteiger partial charge in [0.25, 0.3) is 5.91 Å². The Morgan fingerprint density at radius 2 is 1.94 bits per heavy atom. The van der Waals surface area contributed by atoms with Crippen LogP contribution in [0.2, 0.25) is 0 Å². The molecule has 0 spiro atoms. The van der Waals surface area contributed by atoms with E-state index >= 15 is 0 Å². The van der Waals surface area contributed by atoms with Crippen molar-refractivity contribution in [3.8, 4) is 12.3 Å². The van der Waals surface area contributed by atoms with E-state index < -0.39 is 5.97 Å². The summed E-state index contributed by atoms with van der Waals surface area (Å²) in [5, 5.41) is 8.77. The van der Waals surface area contributed by atoms with Gasteiger partial charge in [0.1, 0.15) is 6.54 Å². The maximum Gasteiger partial charge on any atom is 0.323 e.